The van der Waals surface area contributed by atoms with Gasteiger partial charge in [0.2, 0.25) is 0 Å². The minimum absolute atomic E-state index is 0.154. The van der Waals surface area contributed by atoms with E-state index in [-0.39, 0.29) is 6.10 Å². The van der Waals surface area contributed by atoms with Crippen molar-refractivity contribution in [1.82, 2.24) is 0 Å². The van der Waals surface area contributed by atoms with Crippen molar-refractivity contribution in [3.05, 3.63) is 63.7 Å². The lowest BCUT2D eigenvalue weighted by Gasteiger charge is -2.30. The molecule has 2 aromatic carbocycles. The van der Waals surface area contributed by atoms with Crippen LogP contribution < -0.4 is 4.74 Å². The molecule has 20 heavy (non-hydrogen) atoms. The predicted molar refractivity (Wildman–Crippen MR) is 80.3 cm³/mol. The highest BCUT2D eigenvalue weighted by molar-refractivity contribution is 6.31. The van der Waals surface area contributed by atoms with E-state index in [4.69, 9.17) is 16.3 Å². The summed E-state index contributed by atoms with van der Waals surface area (Å²) in [6, 6.07) is 11.8. The molecule has 1 aliphatic heterocycles. The molecular formula is C17H17ClO2. The van der Waals surface area contributed by atoms with Crippen LogP contribution in [0.25, 0.3) is 0 Å². The van der Waals surface area contributed by atoms with Crippen molar-refractivity contribution in [3.63, 3.8) is 0 Å². The maximum Gasteiger partial charge on any atom is 0.127 e. The van der Waals surface area contributed by atoms with E-state index < -0.39 is 6.10 Å². The first-order valence-corrected chi connectivity index (χ1v) is 7.13. The van der Waals surface area contributed by atoms with Gasteiger partial charge in [-0.15, -0.1) is 0 Å². The van der Waals surface area contributed by atoms with Gasteiger partial charge in [0, 0.05) is 17.0 Å². The number of aryl methyl sites for hydroxylation is 2. The summed E-state index contributed by atoms with van der Waals surface area (Å²) in [4.78, 5) is 0. The molecule has 2 nitrogen and oxygen atoms in total. The second-order valence-corrected chi connectivity index (χ2v) is 5.82. The zero-order valence-electron chi connectivity index (χ0n) is 11.6. The Hall–Kier alpha value is -1.51. The minimum Gasteiger partial charge on any atom is -0.485 e. The lowest BCUT2D eigenvalue weighted by molar-refractivity contribution is 0.0657. The van der Waals surface area contributed by atoms with Gasteiger partial charge in [0.1, 0.15) is 11.9 Å². The molecule has 0 saturated carbocycles. The first kappa shape index (κ1) is 13.5. The lowest BCUT2D eigenvalue weighted by Crippen LogP contribution is -2.19. The number of fused-ring (bicyclic) bond motifs is 1. The Labute approximate surface area is 124 Å². The van der Waals surface area contributed by atoms with Gasteiger partial charge in [-0.3, -0.25) is 0 Å². The van der Waals surface area contributed by atoms with Crippen LogP contribution in [0.4, 0.5) is 0 Å². The Bertz CT molecular complexity index is 651. The van der Waals surface area contributed by atoms with Crippen molar-refractivity contribution in [2.45, 2.75) is 32.5 Å². The zero-order chi connectivity index (χ0) is 14.3. The molecule has 0 amide bonds. The van der Waals surface area contributed by atoms with E-state index in [1.807, 2.05) is 50.2 Å². The number of hydrogen-bond donors (Lipinski definition) is 1. The second kappa shape index (κ2) is 5.12. The number of rotatable bonds is 1. The molecule has 2 atom stereocenters. The Balaban J connectivity index is 1.94. The lowest BCUT2D eigenvalue weighted by atomic mass is 9.94. The average molecular weight is 289 g/mol. The van der Waals surface area contributed by atoms with Crippen LogP contribution in [0.15, 0.2) is 36.4 Å². The summed E-state index contributed by atoms with van der Waals surface area (Å²) < 4.78 is 6.02. The van der Waals surface area contributed by atoms with E-state index in [0.717, 1.165) is 33.0 Å². The first-order valence-electron chi connectivity index (χ1n) is 6.76. The van der Waals surface area contributed by atoms with Gasteiger partial charge in [-0.2, -0.15) is 0 Å². The Kier molecular flexibility index (Phi) is 3.45. The van der Waals surface area contributed by atoms with Crippen molar-refractivity contribution in [3.8, 4) is 5.75 Å². The van der Waals surface area contributed by atoms with Crippen LogP contribution in [0.1, 0.15) is 40.9 Å². The molecular weight excluding hydrogens is 272 g/mol. The molecule has 0 aromatic heterocycles. The fourth-order valence-corrected chi connectivity index (χ4v) is 2.77. The molecule has 1 heterocycles. The normalized spacial score (nSPS) is 21.2. The summed E-state index contributed by atoms with van der Waals surface area (Å²) in [6.07, 6.45) is -0.0995. The van der Waals surface area contributed by atoms with E-state index in [2.05, 4.69) is 0 Å². The molecule has 104 valence electrons. The standard InChI is InChI=1S/C17H17ClO2/c1-10-3-6-16-13(7-10)15(19)9-17(20-16)12-5-4-11(2)14(18)8-12/h3-8,15,17,19H,9H2,1-2H3. The first-order chi connectivity index (χ1) is 9.54. The minimum atomic E-state index is -0.497. The largest absolute Gasteiger partial charge is 0.485 e. The third-order valence-electron chi connectivity index (χ3n) is 3.80. The molecule has 3 heteroatoms. The second-order valence-electron chi connectivity index (χ2n) is 5.41. The van der Waals surface area contributed by atoms with E-state index in [1.165, 1.54) is 0 Å². The van der Waals surface area contributed by atoms with Crippen LogP contribution in [0.5, 0.6) is 5.75 Å². The smallest absolute Gasteiger partial charge is 0.127 e. The fourth-order valence-electron chi connectivity index (χ4n) is 2.58. The summed E-state index contributed by atoms with van der Waals surface area (Å²) in [5.74, 6) is 0.760. The van der Waals surface area contributed by atoms with Gasteiger partial charge in [0.15, 0.2) is 0 Å². The molecule has 0 aliphatic carbocycles. The van der Waals surface area contributed by atoms with Crippen LogP contribution >= 0.6 is 11.6 Å². The van der Waals surface area contributed by atoms with Crippen molar-refractivity contribution in [2.75, 3.05) is 0 Å². The number of benzene rings is 2. The maximum atomic E-state index is 10.3. The van der Waals surface area contributed by atoms with E-state index >= 15 is 0 Å². The molecule has 0 radical (unpaired) electrons. The zero-order valence-corrected chi connectivity index (χ0v) is 12.3. The Morgan fingerprint density at radius 3 is 2.70 bits per heavy atom. The van der Waals surface area contributed by atoms with Gasteiger partial charge in [-0.1, -0.05) is 35.4 Å². The molecule has 0 saturated heterocycles. The molecule has 0 spiro atoms. The fraction of sp³-hybridized carbons (Fsp3) is 0.294. The van der Waals surface area contributed by atoms with Crippen LogP contribution in [-0.2, 0) is 0 Å². The molecule has 2 unspecified atom stereocenters. The number of hydrogen-bond acceptors (Lipinski definition) is 2. The van der Waals surface area contributed by atoms with Gasteiger partial charge in [-0.05, 0) is 43.2 Å². The Morgan fingerprint density at radius 2 is 1.95 bits per heavy atom. The van der Waals surface area contributed by atoms with Gasteiger partial charge in [0.25, 0.3) is 0 Å². The summed E-state index contributed by atoms with van der Waals surface area (Å²) >= 11 is 6.17. The monoisotopic (exact) mass is 288 g/mol. The number of halogens is 1. The van der Waals surface area contributed by atoms with Crippen LogP contribution in [0.3, 0.4) is 0 Å². The molecule has 2 aromatic rings. The summed E-state index contributed by atoms with van der Waals surface area (Å²) in [7, 11) is 0. The summed E-state index contributed by atoms with van der Waals surface area (Å²) in [5.41, 5.74) is 4.05. The molecule has 0 fully saturated rings. The summed E-state index contributed by atoms with van der Waals surface area (Å²) in [5, 5.41) is 11.1. The van der Waals surface area contributed by atoms with E-state index in [0.29, 0.717) is 6.42 Å². The number of aliphatic hydroxyl groups excluding tert-OH is 1. The van der Waals surface area contributed by atoms with Crippen LogP contribution in [-0.4, -0.2) is 5.11 Å². The Morgan fingerprint density at radius 1 is 1.15 bits per heavy atom. The van der Waals surface area contributed by atoms with Gasteiger partial charge >= 0.3 is 0 Å². The summed E-state index contributed by atoms with van der Waals surface area (Å²) in [6.45, 7) is 3.99. The molecule has 1 N–H and O–H groups in total. The third kappa shape index (κ3) is 2.41. The topological polar surface area (TPSA) is 29.5 Å². The van der Waals surface area contributed by atoms with Crippen LogP contribution in [0.2, 0.25) is 5.02 Å². The number of aliphatic hydroxyl groups is 1. The number of ether oxygens (including phenoxy) is 1. The highest BCUT2D eigenvalue weighted by Gasteiger charge is 2.28. The van der Waals surface area contributed by atoms with Gasteiger partial charge in [-0.25, -0.2) is 0 Å². The molecule has 0 bridgehead atoms. The van der Waals surface area contributed by atoms with Crippen molar-refractivity contribution in [1.29, 1.82) is 0 Å². The quantitative estimate of drug-likeness (QED) is 0.836. The van der Waals surface area contributed by atoms with Crippen LogP contribution in [0, 0.1) is 13.8 Å². The van der Waals surface area contributed by atoms with Crippen molar-refractivity contribution >= 4 is 11.6 Å². The maximum absolute atomic E-state index is 10.3. The highest BCUT2D eigenvalue weighted by atomic mass is 35.5. The third-order valence-corrected chi connectivity index (χ3v) is 4.21. The van der Waals surface area contributed by atoms with Gasteiger partial charge < -0.3 is 9.84 Å². The average Bonchev–Trinajstić information content (AvgIpc) is 2.42. The van der Waals surface area contributed by atoms with Crippen molar-refractivity contribution < 1.29 is 9.84 Å². The highest BCUT2D eigenvalue weighted by Crippen LogP contribution is 2.41. The SMILES string of the molecule is Cc1ccc2c(c1)C(O)CC(c1ccc(C)c(Cl)c1)O2. The molecule has 1 aliphatic rings. The van der Waals surface area contributed by atoms with E-state index in [9.17, 15) is 5.11 Å². The van der Waals surface area contributed by atoms with E-state index in [1.54, 1.807) is 0 Å². The molecule has 3 rings (SSSR count). The predicted octanol–water partition coefficient (Wildman–Crippen LogP) is 4.51. The van der Waals surface area contributed by atoms with Gasteiger partial charge in [0.05, 0.1) is 6.10 Å². The van der Waals surface area contributed by atoms with Crippen molar-refractivity contribution in [2.24, 2.45) is 0 Å².